The third-order valence-electron chi connectivity index (χ3n) is 6.18. The molecule has 1 saturated carbocycles. The van der Waals surface area contributed by atoms with E-state index in [1.807, 2.05) is 12.1 Å². The monoisotopic (exact) mass is 565 g/mol. The fourth-order valence-electron chi connectivity index (χ4n) is 4.15. The molecule has 0 aromatic heterocycles. The van der Waals surface area contributed by atoms with Crippen molar-refractivity contribution in [2.45, 2.75) is 51.2 Å². The Kier molecular flexibility index (Phi) is 9.18. The predicted octanol–water partition coefficient (Wildman–Crippen LogP) is 3.70. The van der Waals surface area contributed by atoms with Crippen LogP contribution in [0.4, 0.5) is 5.69 Å². The number of hydrogen-bond donors (Lipinski definition) is 1. The van der Waals surface area contributed by atoms with Gasteiger partial charge in [0, 0.05) is 17.1 Å². The van der Waals surface area contributed by atoms with Crippen molar-refractivity contribution in [2.24, 2.45) is 0 Å². The molecule has 0 heterocycles. The number of carbonyl (C=O) groups is 2. The van der Waals surface area contributed by atoms with Crippen molar-refractivity contribution in [1.82, 2.24) is 10.2 Å². The number of amides is 2. The smallest absolute Gasteiger partial charge is 0.244 e. The minimum Gasteiger partial charge on any atom is -0.497 e. The molecular formula is C25H32BrN3O5S. The van der Waals surface area contributed by atoms with E-state index in [2.05, 4.69) is 21.2 Å². The Morgan fingerprint density at radius 2 is 1.74 bits per heavy atom. The van der Waals surface area contributed by atoms with Gasteiger partial charge in [-0.2, -0.15) is 0 Å². The van der Waals surface area contributed by atoms with Gasteiger partial charge in [0.2, 0.25) is 21.8 Å². The summed E-state index contributed by atoms with van der Waals surface area (Å²) in [6.07, 6.45) is 5.06. The molecule has 1 unspecified atom stereocenters. The number of nitrogens with zero attached hydrogens (tertiary/aromatic N) is 2. The van der Waals surface area contributed by atoms with Crippen LogP contribution >= 0.6 is 15.9 Å². The lowest BCUT2D eigenvalue weighted by atomic mass is 10.1. The number of benzene rings is 2. The average molecular weight is 567 g/mol. The molecule has 2 aromatic rings. The normalized spacial score (nSPS) is 14.9. The minimum atomic E-state index is -3.78. The standard InChI is InChI=1S/C25H32BrN3O5S/c1-18(25(31)27-20-8-4-5-9-20)28(16-19-12-14-21(34-2)15-13-19)24(30)17-29(35(3,32)33)23-11-7-6-10-22(23)26/h6-7,10-15,18,20H,4-5,8-9,16-17H2,1-3H3,(H,27,31). The van der Waals surface area contributed by atoms with E-state index < -0.39 is 28.5 Å². The molecule has 0 radical (unpaired) electrons. The van der Waals surface area contributed by atoms with Gasteiger partial charge in [0.25, 0.3) is 0 Å². The zero-order chi connectivity index (χ0) is 25.6. The first-order valence-corrected chi connectivity index (χ1v) is 14.2. The maximum Gasteiger partial charge on any atom is 0.244 e. The Labute approximate surface area is 215 Å². The number of hydrogen-bond acceptors (Lipinski definition) is 5. The second-order valence-electron chi connectivity index (χ2n) is 8.76. The molecule has 1 N–H and O–H groups in total. The van der Waals surface area contributed by atoms with E-state index in [4.69, 9.17) is 4.74 Å². The quantitative estimate of drug-likeness (QED) is 0.473. The molecule has 0 spiro atoms. The van der Waals surface area contributed by atoms with E-state index in [0.29, 0.717) is 15.9 Å². The Balaban J connectivity index is 1.88. The molecule has 2 amide bonds. The highest BCUT2D eigenvalue weighted by molar-refractivity contribution is 9.10. The lowest BCUT2D eigenvalue weighted by Gasteiger charge is -2.32. The molecule has 1 aliphatic rings. The molecule has 3 rings (SSSR count). The fourth-order valence-corrected chi connectivity index (χ4v) is 5.63. The highest BCUT2D eigenvalue weighted by Crippen LogP contribution is 2.28. The van der Waals surface area contributed by atoms with Gasteiger partial charge in [0.05, 0.1) is 19.1 Å². The van der Waals surface area contributed by atoms with E-state index in [1.54, 1.807) is 50.4 Å². The summed E-state index contributed by atoms with van der Waals surface area (Å²) in [5.74, 6) is -0.0440. The molecule has 2 aromatic carbocycles. The van der Waals surface area contributed by atoms with Gasteiger partial charge in [-0.25, -0.2) is 8.42 Å². The number of anilines is 1. The third-order valence-corrected chi connectivity index (χ3v) is 7.98. The van der Waals surface area contributed by atoms with Crippen LogP contribution in [0.5, 0.6) is 5.75 Å². The van der Waals surface area contributed by atoms with Crippen LogP contribution in [0.2, 0.25) is 0 Å². The number of para-hydroxylation sites is 1. The Morgan fingerprint density at radius 1 is 1.11 bits per heavy atom. The highest BCUT2D eigenvalue weighted by Gasteiger charge is 2.31. The number of carbonyl (C=O) groups excluding carboxylic acids is 2. The van der Waals surface area contributed by atoms with Crippen LogP contribution in [0.15, 0.2) is 53.0 Å². The number of nitrogens with one attached hydrogen (secondary N) is 1. The van der Waals surface area contributed by atoms with Gasteiger partial charge in [0.15, 0.2) is 0 Å². The first-order chi connectivity index (χ1) is 16.6. The van der Waals surface area contributed by atoms with Gasteiger partial charge in [-0.3, -0.25) is 13.9 Å². The Morgan fingerprint density at radius 3 is 2.31 bits per heavy atom. The summed E-state index contributed by atoms with van der Waals surface area (Å²) in [5.41, 5.74) is 1.15. The van der Waals surface area contributed by atoms with Crippen molar-refractivity contribution in [3.8, 4) is 5.75 Å². The first-order valence-electron chi connectivity index (χ1n) is 11.5. The fraction of sp³-hybridized carbons (Fsp3) is 0.440. The minimum absolute atomic E-state index is 0.107. The maximum atomic E-state index is 13.6. The molecule has 35 heavy (non-hydrogen) atoms. The Hall–Kier alpha value is -2.59. The molecular weight excluding hydrogens is 534 g/mol. The molecule has 1 fully saturated rings. The second kappa shape index (κ2) is 11.9. The molecule has 0 saturated heterocycles. The average Bonchev–Trinajstić information content (AvgIpc) is 3.33. The zero-order valence-corrected chi connectivity index (χ0v) is 22.6. The first kappa shape index (κ1) is 27.0. The summed E-state index contributed by atoms with van der Waals surface area (Å²) >= 11 is 3.38. The third kappa shape index (κ3) is 7.20. The van der Waals surface area contributed by atoms with Crippen LogP contribution in [0, 0.1) is 0 Å². The number of rotatable bonds is 10. The van der Waals surface area contributed by atoms with Crippen LogP contribution in [0.1, 0.15) is 38.2 Å². The summed E-state index contributed by atoms with van der Waals surface area (Å²) < 4.78 is 32.1. The molecule has 8 nitrogen and oxygen atoms in total. The van der Waals surface area contributed by atoms with E-state index in [9.17, 15) is 18.0 Å². The predicted molar refractivity (Wildman–Crippen MR) is 140 cm³/mol. The number of sulfonamides is 1. The van der Waals surface area contributed by atoms with Crippen molar-refractivity contribution >= 4 is 43.5 Å². The molecule has 0 aliphatic heterocycles. The van der Waals surface area contributed by atoms with Crippen molar-refractivity contribution in [1.29, 1.82) is 0 Å². The van der Waals surface area contributed by atoms with Gasteiger partial charge in [-0.1, -0.05) is 37.1 Å². The van der Waals surface area contributed by atoms with Gasteiger partial charge in [0.1, 0.15) is 18.3 Å². The van der Waals surface area contributed by atoms with Crippen molar-refractivity contribution in [3.63, 3.8) is 0 Å². The lowest BCUT2D eigenvalue weighted by molar-refractivity contribution is -0.139. The lowest BCUT2D eigenvalue weighted by Crippen LogP contribution is -2.52. The topological polar surface area (TPSA) is 96.0 Å². The second-order valence-corrected chi connectivity index (χ2v) is 11.5. The summed E-state index contributed by atoms with van der Waals surface area (Å²) in [7, 11) is -2.21. The van der Waals surface area contributed by atoms with Crippen LogP contribution in [0.25, 0.3) is 0 Å². The number of halogens is 1. The van der Waals surface area contributed by atoms with Crippen molar-refractivity contribution in [3.05, 3.63) is 58.6 Å². The Bertz CT molecular complexity index is 1130. The van der Waals surface area contributed by atoms with E-state index >= 15 is 0 Å². The van der Waals surface area contributed by atoms with E-state index in [-0.39, 0.29) is 18.5 Å². The SMILES string of the molecule is COc1ccc(CN(C(=O)CN(c2ccccc2Br)S(C)(=O)=O)C(C)C(=O)NC2CCCC2)cc1. The molecule has 0 bridgehead atoms. The summed E-state index contributed by atoms with van der Waals surface area (Å²) in [6, 6.07) is 13.3. The van der Waals surface area contributed by atoms with Gasteiger partial charge < -0.3 is 15.0 Å². The van der Waals surface area contributed by atoms with Crippen LogP contribution < -0.4 is 14.4 Å². The molecule has 1 atom stereocenters. The summed E-state index contributed by atoms with van der Waals surface area (Å²) in [5, 5.41) is 3.05. The van der Waals surface area contributed by atoms with E-state index in [0.717, 1.165) is 41.8 Å². The molecule has 190 valence electrons. The van der Waals surface area contributed by atoms with Gasteiger partial charge in [-0.15, -0.1) is 0 Å². The molecule has 10 heteroatoms. The molecule has 1 aliphatic carbocycles. The summed E-state index contributed by atoms with van der Waals surface area (Å²) in [4.78, 5) is 28.1. The largest absolute Gasteiger partial charge is 0.497 e. The van der Waals surface area contributed by atoms with Gasteiger partial charge in [-0.05, 0) is 65.5 Å². The number of ether oxygens (including phenoxy) is 1. The number of methoxy groups -OCH3 is 1. The maximum absolute atomic E-state index is 13.6. The summed E-state index contributed by atoms with van der Waals surface area (Å²) in [6.45, 7) is 1.39. The van der Waals surface area contributed by atoms with Crippen LogP contribution in [0.3, 0.4) is 0 Å². The van der Waals surface area contributed by atoms with Crippen molar-refractivity contribution < 1.29 is 22.7 Å². The van der Waals surface area contributed by atoms with Crippen molar-refractivity contribution in [2.75, 3.05) is 24.2 Å². The van der Waals surface area contributed by atoms with Crippen LogP contribution in [-0.2, 0) is 26.2 Å². The zero-order valence-electron chi connectivity index (χ0n) is 20.2. The van der Waals surface area contributed by atoms with Crippen LogP contribution in [-0.4, -0.2) is 57.1 Å². The van der Waals surface area contributed by atoms with E-state index in [1.165, 1.54) is 4.90 Å². The highest BCUT2D eigenvalue weighted by atomic mass is 79.9. The van der Waals surface area contributed by atoms with Gasteiger partial charge >= 0.3 is 0 Å².